The highest BCUT2D eigenvalue weighted by molar-refractivity contribution is 7.98. The van der Waals surface area contributed by atoms with E-state index in [9.17, 15) is 0 Å². The summed E-state index contributed by atoms with van der Waals surface area (Å²) in [5, 5.41) is 4.93. The van der Waals surface area contributed by atoms with Crippen molar-refractivity contribution in [2.24, 2.45) is 0 Å². The number of hydrogen-bond acceptors (Lipinski definition) is 6. The Morgan fingerprint density at radius 3 is 2.72 bits per heavy atom. The van der Waals surface area contributed by atoms with Crippen molar-refractivity contribution in [1.29, 1.82) is 0 Å². The van der Waals surface area contributed by atoms with Crippen molar-refractivity contribution in [3.8, 4) is 17.0 Å². The average Bonchev–Trinajstić information content (AvgIpc) is 3.25. The van der Waals surface area contributed by atoms with Crippen molar-refractivity contribution in [2.45, 2.75) is 18.0 Å². The van der Waals surface area contributed by atoms with E-state index < -0.39 is 0 Å². The molecule has 0 atom stereocenters. The fourth-order valence-electron chi connectivity index (χ4n) is 3.39. The molecule has 0 N–H and O–H groups in total. The number of benzene rings is 2. The summed E-state index contributed by atoms with van der Waals surface area (Å²) >= 11 is 1.72. The molecule has 0 aliphatic rings. The molecular formula is C23H23N3O2S. The van der Waals surface area contributed by atoms with Crippen LogP contribution in [-0.2, 0) is 13.1 Å². The van der Waals surface area contributed by atoms with Gasteiger partial charge < -0.3 is 9.26 Å². The molecule has 0 aliphatic heterocycles. The summed E-state index contributed by atoms with van der Waals surface area (Å²) in [6.45, 7) is 1.42. The van der Waals surface area contributed by atoms with E-state index >= 15 is 0 Å². The summed E-state index contributed by atoms with van der Waals surface area (Å²) < 4.78 is 10.7. The van der Waals surface area contributed by atoms with Crippen LogP contribution in [-0.4, -0.2) is 35.5 Å². The van der Waals surface area contributed by atoms with Crippen LogP contribution >= 0.6 is 11.8 Å². The molecule has 2 aromatic carbocycles. The van der Waals surface area contributed by atoms with Gasteiger partial charge in [-0.1, -0.05) is 23.4 Å². The number of fused-ring (bicyclic) bond motifs is 1. The number of thioether (sulfide) groups is 1. The zero-order valence-electron chi connectivity index (χ0n) is 16.8. The van der Waals surface area contributed by atoms with E-state index in [2.05, 4.69) is 53.7 Å². The van der Waals surface area contributed by atoms with E-state index in [-0.39, 0.29) is 0 Å². The number of methoxy groups -OCH3 is 1. The van der Waals surface area contributed by atoms with Gasteiger partial charge in [0.25, 0.3) is 0 Å². The van der Waals surface area contributed by atoms with Gasteiger partial charge in [-0.25, -0.2) is 4.98 Å². The lowest BCUT2D eigenvalue weighted by atomic mass is 10.0. The minimum absolute atomic E-state index is 0.682. The summed E-state index contributed by atoms with van der Waals surface area (Å²) in [4.78, 5) is 8.45. The molecule has 4 aromatic rings. The first-order valence-electron chi connectivity index (χ1n) is 9.36. The predicted octanol–water partition coefficient (Wildman–Crippen LogP) is 5.25. The Labute approximate surface area is 174 Å². The maximum atomic E-state index is 5.43. The molecule has 2 aromatic heterocycles. The molecule has 0 spiro atoms. The number of nitrogens with zero attached hydrogens (tertiary/aromatic N) is 3. The van der Waals surface area contributed by atoms with Crippen LogP contribution in [0.1, 0.15) is 11.3 Å². The van der Waals surface area contributed by atoms with E-state index in [1.54, 1.807) is 25.1 Å². The molecule has 0 unspecified atom stereocenters. The Hall–Kier alpha value is -2.83. The first kappa shape index (κ1) is 19.5. The first-order valence-corrected chi connectivity index (χ1v) is 10.6. The highest BCUT2D eigenvalue weighted by atomic mass is 32.2. The first-order chi connectivity index (χ1) is 14.2. The van der Waals surface area contributed by atoms with Gasteiger partial charge in [0.05, 0.1) is 31.1 Å². The number of rotatable bonds is 7. The summed E-state index contributed by atoms with van der Waals surface area (Å²) in [6.07, 6.45) is 3.75. The second-order valence-corrected chi connectivity index (χ2v) is 7.82. The molecule has 0 saturated heterocycles. The molecule has 0 fully saturated rings. The van der Waals surface area contributed by atoms with Crippen LogP contribution in [0, 0.1) is 0 Å². The van der Waals surface area contributed by atoms with Gasteiger partial charge >= 0.3 is 0 Å². The normalized spacial score (nSPS) is 11.3. The zero-order chi connectivity index (χ0) is 20.2. The van der Waals surface area contributed by atoms with Crippen molar-refractivity contribution in [2.75, 3.05) is 20.4 Å². The quantitative estimate of drug-likeness (QED) is 0.391. The summed E-state index contributed by atoms with van der Waals surface area (Å²) in [7, 11) is 3.75. The van der Waals surface area contributed by atoms with Crippen LogP contribution in [0.25, 0.3) is 22.2 Å². The highest BCUT2D eigenvalue weighted by Gasteiger charge is 2.14. The lowest BCUT2D eigenvalue weighted by Crippen LogP contribution is -2.17. The topological polar surface area (TPSA) is 51.4 Å². The molecule has 0 bridgehead atoms. The minimum Gasteiger partial charge on any atom is -0.497 e. The fraction of sp³-hybridized carbons (Fsp3) is 0.217. The molecule has 0 saturated carbocycles. The summed E-state index contributed by atoms with van der Waals surface area (Å²) in [5.41, 5.74) is 4.17. The maximum absolute atomic E-state index is 5.43. The van der Waals surface area contributed by atoms with Crippen molar-refractivity contribution in [3.05, 3.63) is 72.1 Å². The van der Waals surface area contributed by atoms with Gasteiger partial charge in [-0.2, -0.15) is 0 Å². The van der Waals surface area contributed by atoms with Gasteiger partial charge in [-0.15, -0.1) is 11.8 Å². The Morgan fingerprint density at radius 2 is 1.97 bits per heavy atom. The Morgan fingerprint density at radius 1 is 1.07 bits per heavy atom. The van der Waals surface area contributed by atoms with Gasteiger partial charge in [-0.05, 0) is 49.2 Å². The lowest BCUT2D eigenvalue weighted by molar-refractivity contribution is 0.267. The largest absolute Gasteiger partial charge is 0.497 e. The Bertz CT molecular complexity index is 1110. The molecule has 0 radical (unpaired) electrons. The molecule has 148 valence electrons. The van der Waals surface area contributed by atoms with E-state index in [1.165, 1.54) is 4.90 Å². The third-order valence-electron chi connectivity index (χ3n) is 4.80. The molecule has 2 heterocycles. The van der Waals surface area contributed by atoms with Gasteiger partial charge in [0.1, 0.15) is 5.75 Å². The molecule has 4 rings (SSSR count). The zero-order valence-corrected chi connectivity index (χ0v) is 17.6. The van der Waals surface area contributed by atoms with Crippen molar-refractivity contribution >= 4 is 22.7 Å². The number of ether oxygens (including phenoxy) is 1. The highest BCUT2D eigenvalue weighted by Crippen LogP contribution is 2.30. The summed E-state index contributed by atoms with van der Waals surface area (Å²) in [6, 6.07) is 18.6. The second kappa shape index (κ2) is 8.68. The van der Waals surface area contributed by atoms with Gasteiger partial charge in [0, 0.05) is 28.5 Å². The Balaban J connectivity index is 1.77. The minimum atomic E-state index is 0.682. The third-order valence-corrected chi connectivity index (χ3v) is 5.53. The SMILES string of the molecule is COc1cccc(-c2nc3cc(SC)ccc3cc2CN(C)Cc2ccno2)c1. The van der Waals surface area contributed by atoms with E-state index in [1.807, 2.05) is 24.3 Å². The van der Waals surface area contributed by atoms with E-state index in [0.29, 0.717) is 6.54 Å². The van der Waals surface area contributed by atoms with Gasteiger partial charge in [0.2, 0.25) is 0 Å². The number of hydrogen-bond donors (Lipinski definition) is 0. The number of aromatic nitrogens is 2. The molecule has 0 aliphatic carbocycles. The molecule has 6 heteroatoms. The van der Waals surface area contributed by atoms with Crippen LogP contribution in [0.2, 0.25) is 0 Å². The van der Waals surface area contributed by atoms with E-state index in [0.717, 1.165) is 45.8 Å². The van der Waals surface area contributed by atoms with Gasteiger partial charge in [-0.3, -0.25) is 4.90 Å². The van der Waals surface area contributed by atoms with Crippen LogP contribution < -0.4 is 4.74 Å². The van der Waals surface area contributed by atoms with Crippen molar-refractivity contribution in [3.63, 3.8) is 0 Å². The van der Waals surface area contributed by atoms with Crippen LogP contribution in [0.3, 0.4) is 0 Å². The molecule has 29 heavy (non-hydrogen) atoms. The van der Waals surface area contributed by atoms with Crippen molar-refractivity contribution < 1.29 is 9.26 Å². The summed E-state index contributed by atoms with van der Waals surface area (Å²) in [5.74, 6) is 1.66. The Kier molecular flexibility index (Phi) is 5.83. The molecule has 5 nitrogen and oxygen atoms in total. The van der Waals surface area contributed by atoms with Crippen LogP contribution in [0.15, 0.2) is 70.2 Å². The monoisotopic (exact) mass is 405 g/mol. The van der Waals surface area contributed by atoms with Gasteiger partial charge in [0.15, 0.2) is 5.76 Å². The second-order valence-electron chi connectivity index (χ2n) is 6.94. The average molecular weight is 406 g/mol. The lowest BCUT2D eigenvalue weighted by Gasteiger charge is -2.18. The van der Waals surface area contributed by atoms with Crippen molar-refractivity contribution in [1.82, 2.24) is 15.0 Å². The third kappa shape index (κ3) is 4.44. The molecule has 0 amide bonds. The smallest absolute Gasteiger partial charge is 0.150 e. The fourth-order valence-corrected chi connectivity index (χ4v) is 3.83. The molecular weight excluding hydrogens is 382 g/mol. The standard InChI is InChI=1S/C23H23N3O2S/c1-26(15-20-9-10-24-28-20)14-18-11-16-7-8-21(29-3)13-22(16)25-23(18)17-5-4-6-19(12-17)27-2/h4-13H,14-15H2,1-3H3. The van der Waals surface area contributed by atoms with Crippen LogP contribution in [0.5, 0.6) is 5.75 Å². The van der Waals surface area contributed by atoms with E-state index in [4.69, 9.17) is 14.2 Å². The number of pyridine rings is 1. The van der Waals surface area contributed by atoms with Crippen LogP contribution in [0.4, 0.5) is 0 Å². The maximum Gasteiger partial charge on any atom is 0.150 e. The predicted molar refractivity (Wildman–Crippen MR) is 117 cm³/mol.